The van der Waals surface area contributed by atoms with E-state index < -0.39 is 0 Å². The molecule has 28 heavy (non-hydrogen) atoms. The van der Waals surface area contributed by atoms with Gasteiger partial charge in [-0.1, -0.05) is 30.3 Å². The number of aryl methyl sites for hydroxylation is 1. The van der Waals surface area contributed by atoms with Crippen molar-refractivity contribution in [2.75, 3.05) is 39.9 Å². The van der Waals surface area contributed by atoms with Gasteiger partial charge in [-0.2, -0.15) is 0 Å². The van der Waals surface area contributed by atoms with Crippen molar-refractivity contribution in [1.29, 1.82) is 0 Å². The number of rotatable bonds is 7. The number of piperidine rings is 1. The lowest BCUT2D eigenvalue weighted by Crippen LogP contribution is -2.47. The number of nitrogens with one attached hydrogen (secondary N) is 1. The summed E-state index contributed by atoms with van der Waals surface area (Å²) >= 11 is 0. The smallest absolute Gasteiger partial charge is 0.193 e. The summed E-state index contributed by atoms with van der Waals surface area (Å²) < 4.78 is 11.9. The van der Waals surface area contributed by atoms with E-state index in [4.69, 9.17) is 9.47 Å². The summed E-state index contributed by atoms with van der Waals surface area (Å²) in [5.74, 6) is 1.03. The third-order valence-electron chi connectivity index (χ3n) is 5.51. The molecule has 1 aromatic carbocycles. The second-order valence-electron chi connectivity index (χ2n) is 7.57. The quantitative estimate of drug-likeness (QED) is 0.267. The summed E-state index contributed by atoms with van der Waals surface area (Å²) in [5, 5.41) is 3.52. The predicted molar refractivity (Wildman–Crippen MR) is 126 cm³/mol. The van der Waals surface area contributed by atoms with Crippen molar-refractivity contribution in [3.63, 3.8) is 0 Å². The van der Waals surface area contributed by atoms with Gasteiger partial charge in [-0.25, -0.2) is 0 Å². The molecule has 158 valence electrons. The molecule has 2 fully saturated rings. The maximum Gasteiger partial charge on any atom is 0.193 e. The van der Waals surface area contributed by atoms with Crippen LogP contribution in [0.15, 0.2) is 35.3 Å². The fraction of sp³-hybridized carbons (Fsp3) is 0.682. The van der Waals surface area contributed by atoms with E-state index in [2.05, 4.69) is 45.5 Å². The molecule has 5 nitrogen and oxygen atoms in total. The van der Waals surface area contributed by atoms with E-state index in [1.54, 1.807) is 0 Å². The number of halogens is 1. The van der Waals surface area contributed by atoms with Crippen molar-refractivity contribution < 1.29 is 9.47 Å². The van der Waals surface area contributed by atoms with E-state index in [1.807, 2.05) is 7.05 Å². The van der Waals surface area contributed by atoms with E-state index in [9.17, 15) is 0 Å². The van der Waals surface area contributed by atoms with Crippen LogP contribution in [0.4, 0.5) is 0 Å². The summed E-state index contributed by atoms with van der Waals surface area (Å²) in [4.78, 5) is 6.83. The maximum absolute atomic E-state index is 6.12. The van der Waals surface area contributed by atoms with Crippen molar-refractivity contribution >= 4 is 29.9 Å². The SMILES string of the molecule is CN=C(NCCCc1ccccc1)N1CCC(OCC2CCCCO2)CC1.I. The maximum atomic E-state index is 6.12. The number of hydrogen-bond acceptors (Lipinski definition) is 3. The molecule has 6 heteroatoms. The highest BCUT2D eigenvalue weighted by Crippen LogP contribution is 2.18. The van der Waals surface area contributed by atoms with E-state index in [-0.39, 0.29) is 24.0 Å². The molecule has 0 spiro atoms. The van der Waals surface area contributed by atoms with Crippen LogP contribution >= 0.6 is 24.0 Å². The van der Waals surface area contributed by atoms with Crippen LogP contribution in [0.3, 0.4) is 0 Å². The summed E-state index contributed by atoms with van der Waals surface area (Å²) in [5.41, 5.74) is 1.40. The van der Waals surface area contributed by atoms with Gasteiger partial charge >= 0.3 is 0 Å². The Morgan fingerprint density at radius 2 is 1.96 bits per heavy atom. The summed E-state index contributed by atoms with van der Waals surface area (Å²) in [6, 6.07) is 10.7. The van der Waals surface area contributed by atoms with E-state index in [1.165, 1.54) is 18.4 Å². The van der Waals surface area contributed by atoms with Gasteiger partial charge in [0.1, 0.15) is 0 Å². The molecule has 1 unspecified atom stereocenters. The molecular formula is C22H36IN3O2. The molecule has 0 saturated carbocycles. The molecule has 1 N–H and O–H groups in total. The van der Waals surface area contributed by atoms with E-state index in [0.717, 1.165) is 70.9 Å². The lowest BCUT2D eigenvalue weighted by molar-refractivity contribution is -0.0721. The topological polar surface area (TPSA) is 46.1 Å². The fourth-order valence-electron chi connectivity index (χ4n) is 3.89. The van der Waals surface area contributed by atoms with Crippen LogP contribution in [0, 0.1) is 0 Å². The minimum absolute atomic E-state index is 0. The van der Waals surface area contributed by atoms with Gasteiger partial charge in [-0.3, -0.25) is 4.99 Å². The van der Waals surface area contributed by atoms with Gasteiger partial charge in [0.2, 0.25) is 0 Å². The van der Waals surface area contributed by atoms with Crippen LogP contribution in [0.2, 0.25) is 0 Å². The molecule has 1 aromatic rings. The zero-order valence-corrected chi connectivity index (χ0v) is 19.5. The predicted octanol–water partition coefficient (Wildman–Crippen LogP) is 3.86. The molecule has 2 aliphatic rings. The first-order valence-electron chi connectivity index (χ1n) is 10.6. The third-order valence-corrected chi connectivity index (χ3v) is 5.51. The molecule has 3 rings (SSSR count). The van der Waals surface area contributed by atoms with Gasteiger partial charge in [-0.15, -0.1) is 24.0 Å². The molecule has 0 aromatic heterocycles. The van der Waals surface area contributed by atoms with Crippen molar-refractivity contribution in [3.05, 3.63) is 35.9 Å². The lowest BCUT2D eigenvalue weighted by Gasteiger charge is -2.35. The normalized spacial score (nSPS) is 21.2. The number of guanidine groups is 1. The Morgan fingerprint density at radius 3 is 2.64 bits per heavy atom. The Morgan fingerprint density at radius 1 is 1.18 bits per heavy atom. The molecule has 2 heterocycles. The highest BCUT2D eigenvalue weighted by atomic mass is 127. The van der Waals surface area contributed by atoms with Gasteiger partial charge in [0.05, 0.1) is 18.8 Å². The van der Waals surface area contributed by atoms with Crippen LogP contribution in [0.1, 0.15) is 44.1 Å². The van der Waals surface area contributed by atoms with Gasteiger partial charge in [-0.05, 0) is 50.5 Å². The zero-order valence-electron chi connectivity index (χ0n) is 17.1. The largest absolute Gasteiger partial charge is 0.376 e. The van der Waals surface area contributed by atoms with Crippen molar-refractivity contribution in [2.45, 2.75) is 57.2 Å². The summed E-state index contributed by atoms with van der Waals surface area (Å²) in [6.45, 7) is 4.63. The minimum Gasteiger partial charge on any atom is -0.376 e. The Hall–Kier alpha value is -0.860. The summed E-state index contributed by atoms with van der Waals surface area (Å²) in [7, 11) is 1.88. The average molecular weight is 501 g/mol. The van der Waals surface area contributed by atoms with Crippen molar-refractivity contribution in [1.82, 2.24) is 10.2 Å². The number of benzene rings is 1. The van der Waals surface area contributed by atoms with Crippen LogP contribution < -0.4 is 5.32 Å². The molecule has 1 atom stereocenters. The molecule has 2 saturated heterocycles. The number of likely N-dealkylation sites (tertiary alicyclic amines) is 1. The van der Waals surface area contributed by atoms with Crippen LogP contribution in [0.5, 0.6) is 0 Å². The highest BCUT2D eigenvalue weighted by Gasteiger charge is 2.23. The second-order valence-corrected chi connectivity index (χ2v) is 7.57. The van der Waals surface area contributed by atoms with Gasteiger partial charge in [0.15, 0.2) is 5.96 Å². The van der Waals surface area contributed by atoms with Crippen molar-refractivity contribution in [3.8, 4) is 0 Å². The van der Waals surface area contributed by atoms with E-state index >= 15 is 0 Å². The lowest BCUT2D eigenvalue weighted by atomic mass is 10.1. The molecule has 0 aliphatic carbocycles. The second kappa shape index (κ2) is 13.4. The number of ether oxygens (including phenoxy) is 2. The Labute approximate surface area is 187 Å². The van der Waals surface area contributed by atoms with Crippen LogP contribution in [0.25, 0.3) is 0 Å². The average Bonchev–Trinajstić information content (AvgIpc) is 2.74. The standard InChI is InChI=1S/C22H35N3O2.HI/c1-23-22(24-14-7-10-19-8-3-2-4-9-19)25-15-12-20(13-16-25)27-18-21-11-5-6-17-26-21;/h2-4,8-9,20-21H,5-7,10-18H2,1H3,(H,23,24);1H. The Bertz CT molecular complexity index is 556. The number of nitrogens with zero attached hydrogens (tertiary/aromatic N) is 2. The molecule has 2 aliphatic heterocycles. The number of aliphatic imine (C=N–C) groups is 1. The van der Waals surface area contributed by atoms with E-state index in [0.29, 0.717) is 12.2 Å². The van der Waals surface area contributed by atoms with Crippen LogP contribution in [-0.2, 0) is 15.9 Å². The Kier molecular flexibility index (Phi) is 11.2. The number of hydrogen-bond donors (Lipinski definition) is 1. The van der Waals surface area contributed by atoms with Gasteiger partial charge in [0, 0.05) is 33.3 Å². The highest BCUT2D eigenvalue weighted by molar-refractivity contribution is 14.0. The monoisotopic (exact) mass is 501 g/mol. The van der Waals surface area contributed by atoms with Crippen LogP contribution in [-0.4, -0.2) is 63.0 Å². The van der Waals surface area contributed by atoms with Gasteiger partial charge in [0.25, 0.3) is 0 Å². The van der Waals surface area contributed by atoms with Crippen molar-refractivity contribution in [2.24, 2.45) is 4.99 Å². The first-order valence-corrected chi connectivity index (χ1v) is 10.6. The molecule has 0 bridgehead atoms. The fourth-order valence-corrected chi connectivity index (χ4v) is 3.89. The molecular weight excluding hydrogens is 465 g/mol. The minimum atomic E-state index is 0. The molecule has 0 amide bonds. The van der Waals surface area contributed by atoms with Gasteiger partial charge < -0.3 is 19.7 Å². The third kappa shape index (κ3) is 7.87. The first-order chi connectivity index (χ1) is 13.3. The zero-order chi connectivity index (χ0) is 18.7. The first kappa shape index (κ1) is 23.4. The Balaban J connectivity index is 0.00000280. The molecule has 0 radical (unpaired) electrons. The summed E-state index contributed by atoms with van der Waals surface area (Å²) in [6.07, 6.45) is 8.66.